The van der Waals surface area contributed by atoms with Crippen LogP contribution < -0.4 is 5.32 Å². The molecule has 1 aliphatic rings. The third kappa shape index (κ3) is 1.49. The zero-order valence-corrected chi connectivity index (χ0v) is 11.1. The number of carbonyl (C=O) groups excluding carboxylic acids is 1. The lowest BCUT2D eigenvalue weighted by molar-refractivity contribution is -0.118. The van der Waals surface area contributed by atoms with E-state index in [4.69, 9.17) is 0 Å². The molecule has 0 atom stereocenters. The van der Waals surface area contributed by atoms with Crippen LogP contribution in [-0.4, -0.2) is 19.1 Å². The number of amides is 1. The number of nitrogens with one attached hydrogen (secondary N) is 1. The van der Waals surface area contributed by atoms with Gasteiger partial charge in [-0.25, -0.2) is 8.42 Å². The molecule has 0 fully saturated rings. The van der Waals surface area contributed by atoms with Crippen molar-refractivity contribution < 1.29 is 13.2 Å². The zero-order chi connectivity index (χ0) is 13.0. The Kier molecular flexibility index (Phi) is 2.36. The number of aryl methyl sites for hydroxylation is 2. The van der Waals surface area contributed by atoms with E-state index in [0.29, 0.717) is 5.69 Å². The molecule has 2 rings (SSSR count). The predicted molar refractivity (Wildman–Crippen MR) is 65.8 cm³/mol. The van der Waals surface area contributed by atoms with Crippen molar-refractivity contribution in [3.05, 3.63) is 23.3 Å². The highest BCUT2D eigenvalue weighted by atomic mass is 32.2. The summed E-state index contributed by atoms with van der Waals surface area (Å²) in [6.45, 7) is 6.49. The molecule has 1 aliphatic heterocycles. The maximum atomic E-state index is 12.4. The second kappa shape index (κ2) is 3.32. The number of sulfone groups is 1. The first-order valence-electron chi connectivity index (χ1n) is 5.35. The number of hydrogen-bond acceptors (Lipinski definition) is 3. The van der Waals surface area contributed by atoms with Crippen molar-refractivity contribution in [3.8, 4) is 0 Å². The minimum absolute atomic E-state index is 0.222. The van der Waals surface area contributed by atoms with Crippen LogP contribution in [0.5, 0.6) is 0 Å². The van der Waals surface area contributed by atoms with Gasteiger partial charge in [0.05, 0.1) is 10.6 Å². The molecular weight excluding hydrogens is 238 g/mol. The molecule has 1 heterocycles. The lowest BCUT2D eigenvalue weighted by Gasteiger charge is -2.31. The van der Waals surface area contributed by atoms with Gasteiger partial charge in [0.25, 0.3) is 0 Å². The molecule has 17 heavy (non-hydrogen) atoms. The summed E-state index contributed by atoms with van der Waals surface area (Å²) in [5.74, 6) is -0.475. The van der Waals surface area contributed by atoms with E-state index in [0.717, 1.165) is 11.1 Å². The molecule has 5 heteroatoms. The zero-order valence-electron chi connectivity index (χ0n) is 10.3. The van der Waals surface area contributed by atoms with E-state index >= 15 is 0 Å². The quantitative estimate of drug-likeness (QED) is 0.767. The molecule has 0 spiro atoms. The molecular formula is C12H15NO3S. The van der Waals surface area contributed by atoms with E-state index in [1.165, 1.54) is 13.8 Å². The monoisotopic (exact) mass is 253 g/mol. The van der Waals surface area contributed by atoms with Crippen LogP contribution in [0.4, 0.5) is 5.69 Å². The normalized spacial score (nSPS) is 20.6. The fourth-order valence-corrected chi connectivity index (χ4v) is 3.63. The Morgan fingerprint density at radius 1 is 1.18 bits per heavy atom. The third-order valence-electron chi connectivity index (χ3n) is 3.19. The van der Waals surface area contributed by atoms with Crippen molar-refractivity contribution in [2.75, 3.05) is 5.32 Å². The van der Waals surface area contributed by atoms with E-state index in [9.17, 15) is 13.2 Å². The highest BCUT2D eigenvalue weighted by Crippen LogP contribution is 2.38. The summed E-state index contributed by atoms with van der Waals surface area (Å²) in [7, 11) is -3.63. The number of benzene rings is 1. The van der Waals surface area contributed by atoms with Crippen LogP contribution in [0.2, 0.25) is 0 Å². The average Bonchev–Trinajstić information content (AvgIpc) is 2.19. The molecule has 0 saturated heterocycles. The molecule has 92 valence electrons. The highest BCUT2D eigenvalue weighted by Gasteiger charge is 2.48. The van der Waals surface area contributed by atoms with Crippen molar-refractivity contribution >= 4 is 21.4 Å². The van der Waals surface area contributed by atoms with E-state index in [1.54, 1.807) is 13.0 Å². The summed E-state index contributed by atoms with van der Waals surface area (Å²) >= 11 is 0. The molecule has 0 aromatic heterocycles. The van der Waals surface area contributed by atoms with Crippen molar-refractivity contribution in [2.24, 2.45) is 0 Å². The Morgan fingerprint density at radius 2 is 1.76 bits per heavy atom. The summed E-state index contributed by atoms with van der Waals surface area (Å²) in [6, 6.07) is 3.46. The molecule has 1 amide bonds. The smallest absolute Gasteiger partial charge is 0.245 e. The molecule has 0 bridgehead atoms. The molecule has 4 nitrogen and oxygen atoms in total. The van der Waals surface area contributed by atoms with Crippen molar-refractivity contribution in [2.45, 2.75) is 37.3 Å². The fourth-order valence-electron chi connectivity index (χ4n) is 1.96. The van der Waals surface area contributed by atoms with Crippen LogP contribution in [0.1, 0.15) is 25.0 Å². The number of rotatable bonds is 0. The van der Waals surface area contributed by atoms with Gasteiger partial charge in [-0.3, -0.25) is 4.79 Å². The largest absolute Gasteiger partial charge is 0.323 e. The lowest BCUT2D eigenvalue weighted by Crippen LogP contribution is -2.48. The number of fused-ring (bicyclic) bond motifs is 1. The van der Waals surface area contributed by atoms with Gasteiger partial charge in [-0.1, -0.05) is 6.07 Å². The minimum atomic E-state index is -3.63. The molecule has 0 aliphatic carbocycles. The first-order chi connectivity index (χ1) is 7.68. The van der Waals surface area contributed by atoms with Crippen molar-refractivity contribution in [1.82, 2.24) is 0 Å². The molecule has 1 N–H and O–H groups in total. The predicted octanol–water partition coefficient (Wildman–Crippen LogP) is 1.81. The first-order valence-corrected chi connectivity index (χ1v) is 6.83. The van der Waals surface area contributed by atoms with Gasteiger partial charge >= 0.3 is 0 Å². The Balaban J connectivity index is 2.86. The van der Waals surface area contributed by atoms with Crippen LogP contribution in [0.3, 0.4) is 0 Å². The fraction of sp³-hybridized carbons (Fsp3) is 0.417. The van der Waals surface area contributed by atoms with Gasteiger partial charge in [0.1, 0.15) is 4.75 Å². The summed E-state index contributed by atoms with van der Waals surface area (Å²) < 4.78 is 23.3. The lowest BCUT2D eigenvalue weighted by atomic mass is 10.1. The van der Waals surface area contributed by atoms with Crippen LogP contribution in [0, 0.1) is 13.8 Å². The minimum Gasteiger partial charge on any atom is -0.323 e. The van der Waals surface area contributed by atoms with Crippen molar-refractivity contribution in [3.63, 3.8) is 0 Å². The van der Waals surface area contributed by atoms with E-state index in [2.05, 4.69) is 5.32 Å². The van der Waals surface area contributed by atoms with Gasteiger partial charge in [-0.05, 0) is 44.9 Å². The van der Waals surface area contributed by atoms with Crippen LogP contribution in [-0.2, 0) is 14.6 Å². The van der Waals surface area contributed by atoms with Crippen LogP contribution >= 0.6 is 0 Å². The topological polar surface area (TPSA) is 63.2 Å². The summed E-state index contributed by atoms with van der Waals surface area (Å²) in [4.78, 5) is 12.1. The Labute approximate surface area is 101 Å². The van der Waals surface area contributed by atoms with Crippen LogP contribution in [0.15, 0.2) is 17.0 Å². The maximum Gasteiger partial charge on any atom is 0.245 e. The molecule has 1 aromatic rings. The standard InChI is InChI=1S/C12H15NO3S/c1-7-5-8(2)10-9(6-7)17(15,16)12(3,4)11(14)13-10/h5-6H,1-4H3,(H,13,14). The van der Waals surface area contributed by atoms with Gasteiger partial charge < -0.3 is 5.32 Å². The van der Waals surface area contributed by atoms with Gasteiger partial charge in [0.2, 0.25) is 5.91 Å². The second-order valence-electron chi connectivity index (χ2n) is 4.92. The Bertz CT molecular complexity index is 615. The summed E-state index contributed by atoms with van der Waals surface area (Å²) in [6.07, 6.45) is 0. The molecule has 0 saturated carbocycles. The van der Waals surface area contributed by atoms with Gasteiger partial charge in [0.15, 0.2) is 9.84 Å². The average molecular weight is 253 g/mol. The summed E-state index contributed by atoms with van der Waals surface area (Å²) in [5.41, 5.74) is 2.06. The number of anilines is 1. The highest BCUT2D eigenvalue weighted by molar-refractivity contribution is 7.94. The first kappa shape index (κ1) is 12.1. The molecule has 0 unspecified atom stereocenters. The van der Waals surface area contributed by atoms with E-state index in [1.807, 2.05) is 13.0 Å². The van der Waals surface area contributed by atoms with Gasteiger partial charge in [0, 0.05) is 0 Å². The third-order valence-corrected chi connectivity index (χ3v) is 5.62. The number of carbonyl (C=O) groups is 1. The van der Waals surface area contributed by atoms with E-state index < -0.39 is 20.5 Å². The number of hydrogen-bond donors (Lipinski definition) is 1. The molecule has 1 aromatic carbocycles. The summed E-state index contributed by atoms with van der Waals surface area (Å²) in [5, 5.41) is 2.68. The Morgan fingerprint density at radius 3 is 2.35 bits per heavy atom. The van der Waals surface area contributed by atoms with Gasteiger partial charge in [-0.15, -0.1) is 0 Å². The SMILES string of the molecule is Cc1cc(C)c2c(c1)S(=O)(=O)C(C)(C)C(=O)N2. The van der Waals surface area contributed by atoms with Crippen molar-refractivity contribution in [1.29, 1.82) is 0 Å². The maximum absolute atomic E-state index is 12.4. The Hall–Kier alpha value is -1.36. The molecule has 0 radical (unpaired) electrons. The van der Waals surface area contributed by atoms with Gasteiger partial charge in [-0.2, -0.15) is 0 Å². The second-order valence-corrected chi connectivity index (χ2v) is 7.39. The van der Waals surface area contributed by atoms with Crippen LogP contribution in [0.25, 0.3) is 0 Å². The van der Waals surface area contributed by atoms with E-state index in [-0.39, 0.29) is 4.90 Å².